The van der Waals surface area contributed by atoms with Crippen molar-refractivity contribution in [2.75, 3.05) is 6.54 Å². The number of benzene rings is 1. The van der Waals surface area contributed by atoms with E-state index in [1.807, 2.05) is 11.4 Å². The van der Waals surface area contributed by atoms with E-state index in [-0.39, 0.29) is 6.61 Å². The van der Waals surface area contributed by atoms with Crippen LogP contribution in [0, 0.1) is 0 Å². The van der Waals surface area contributed by atoms with Crippen LogP contribution in [0.1, 0.15) is 5.56 Å². The molecule has 0 saturated heterocycles. The number of ether oxygens (including phenoxy) is 1. The van der Waals surface area contributed by atoms with Crippen LogP contribution >= 0.6 is 0 Å². The summed E-state index contributed by atoms with van der Waals surface area (Å²) in [7, 11) is 0. The molecule has 0 radical (unpaired) electrons. The molecule has 6 heteroatoms. The molecule has 17 heavy (non-hydrogen) atoms. The first kappa shape index (κ1) is 13.0. The van der Waals surface area contributed by atoms with Crippen molar-refractivity contribution in [2.24, 2.45) is 0 Å². The first-order chi connectivity index (χ1) is 8.09. The predicted molar refractivity (Wildman–Crippen MR) is 57.2 cm³/mol. The summed E-state index contributed by atoms with van der Waals surface area (Å²) in [6, 6.07) is 8.94. The SMILES string of the molecule is O=C(NC[C@H](F)C(=O)O)OCc1ccccc1. The highest BCUT2D eigenvalue weighted by atomic mass is 19.1. The second-order valence-corrected chi connectivity index (χ2v) is 3.25. The van der Waals surface area contributed by atoms with Crippen molar-refractivity contribution in [1.29, 1.82) is 0 Å². The maximum absolute atomic E-state index is 12.6. The molecule has 0 unspecified atom stereocenters. The van der Waals surface area contributed by atoms with Crippen molar-refractivity contribution in [3.8, 4) is 0 Å². The summed E-state index contributed by atoms with van der Waals surface area (Å²) in [4.78, 5) is 21.2. The molecule has 1 amide bonds. The molecule has 0 spiro atoms. The van der Waals surface area contributed by atoms with Crippen LogP contribution in [0.4, 0.5) is 9.18 Å². The zero-order valence-corrected chi connectivity index (χ0v) is 8.93. The van der Waals surface area contributed by atoms with E-state index in [0.29, 0.717) is 0 Å². The lowest BCUT2D eigenvalue weighted by molar-refractivity contribution is -0.142. The highest BCUT2D eigenvalue weighted by Crippen LogP contribution is 2.00. The molecule has 1 atom stereocenters. The molecular formula is C11H12FNO4. The Morgan fingerprint density at radius 2 is 2.00 bits per heavy atom. The second kappa shape index (κ2) is 6.47. The molecule has 0 aliphatic carbocycles. The van der Waals surface area contributed by atoms with E-state index in [4.69, 9.17) is 9.84 Å². The minimum Gasteiger partial charge on any atom is -0.479 e. The van der Waals surface area contributed by atoms with Gasteiger partial charge in [-0.2, -0.15) is 0 Å². The Hall–Kier alpha value is -2.11. The summed E-state index contributed by atoms with van der Waals surface area (Å²) >= 11 is 0. The Bertz CT molecular complexity index is 382. The number of aliphatic carboxylic acids is 1. The lowest BCUT2D eigenvalue weighted by Gasteiger charge is -2.07. The Kier molecular flexibility index (Phi) is 4.93. The number of hydrogen-bond acceptors (Lipinski definition) is 3. The van der Waals surface area contributed by atoms with Crippen LogP contribution in [0.3, 0.4) is 0 Å². The van der Waals surface area contributed by atoms with Gasteiger partial charge in [-0.1, -0.05) is 30.3 Å². The van der Waals surface area contributed by atoms with E-state index < -0.39 is 24.8 Å². The van der Waals surface area contributed by atoms with E-state index in [1.165, 1.54) is 0 Å². The van der Waals surface area contributed by atoms with Crippen LogP contribution in [0.5, 0.6) is 0 Å². The van der Waals surface area contributed by atoms with Crippen molar-refractivity contribution in [2.45, 2.75) is 12.8 Å². The number of alkyl halides is 1. The number of nitrogens with one attached hydrogen (secondary N) is 1. The van der Waals surface area contributed by atoms with Gasteiger partial charge in [-0.15, -0.1) is 0 Å². The molecule has 5 nitrogen and oxygen atoms in total. The molecule has 1 aromatic carbocycles. The van der Waals surface area contributed by atoms with Gasteiger partial charge >= 0.3 is 12.1 Å². The standard InChI is InChI=1S/C11H12FNO4/c12-9(10(14)15)6-13-11(16)17-7-8-4-2-1-3-5-8/h1-5,9H,6-7H2,(H,13,16)(H,14,15)/t9-/m0/s1. The molecule has 0 bridgehead atoms. The van der Waals surface area contributed by atoms with Crippen molar-refractivity contribution in [3.05, 3.63) is 35.9 Å². The topological polar surface area (TPSA) is 75.6 Å². The van der Waals surface area contributed by atoms with Gasteiger partial charge in [-0.25, -0.2) is 14.0 Å². The quantitative estimate of drug-likeness (QED) is 0.815. The van der Waals surface area contributed by atoms with Crippen molar-refractivity contribution >= 4 is 12.1 Å². The largest absolute Gasteiger partial charge is 0.479 e. The third-order valence-corrected chi connectivity index (χ3v) is 1.91. The number of carbonyl (C=O) groups is 2. The summed E-state index contributed by atoms with van der Waals surface area (Å²) < 4.78 is 17.3. The summed E-state index contributed by atoms with van der Waals surface area (Å²) in [6.45, 7) is -0.556. The monoisotopic (exact) mass is 241 g/mol. The Balaban J connectivity index is 2.24. The van der Waals surface area contributed by atoms with Crippen LogP contribution < -0.4 is 5.32 Å². The van der Waals surface area contributed by atoms with Crippen molar-refractivity contribution in [3.63, 3.8) is 0 Å². The number of carboxylic acid groups (broad SMARTS) is 1. The molecule has 0 aliphatic rings. The highest BCUT2D eigenvalue weighted by Gasteiger charge is 2.16. The summed E-state index contributed by atoms with van der Waals surface area (Å²) in [6.07, 6.45) is -2.97. The van der Waals surface area contributed by atoms with E-state index in [0.717, 1.165) is 5.56 Å². The third-order valence-electron chi connectivity index (χ3n) is 1.91. The van der Waals surface area contributed by atoms with Gasteiger partial charge in [-0.05, 0) is 5.56 Å². The van der Waals surface area contributed by atoms with E-state index in [9.17, 15) is 14.0 Å². The third kappa shape index (κ3) is 4.96. The fourth-order valence-electron chi connectivity index (χ4n) is 1.03. The molecule has 0 fully saturated rings. The number of rotatable bonds is 5. The number of amides is 1. The van der Waals surface area contributed by atoms with Gasteiger partial charge in [0, 0.05) is 0 Å². The number of alkyl carbamates (subject to hydrolysis) is 1. The van der Waals surface area contributed by atoms with Crippen LogP contribution in [-0.2, 0) is 16.1 Å². The van der Waals surface area contributed by atoms with Gasteiger partial charge in [0.25, 0.3) is 0 Å². The molecule has 0 aliphatic heterocycles. The highest BCUT2D eigenvalue weighted by molar-refractivity contribution is 5.74. The van der Waals surface area contributed by atoms with Gasteiger partial charge in [0.05, 0.1) is 6.54 Å². The van der Waals surface area contributed by atoms with E-state index in [2.05, 4.69) is 0 Å². The Morgan fingerprint density at radius 3 is 2.59 bits per heavy atom. The lowest BCUT2D eigenvalue weighted by atomic mass is 10.2. The smallest absolute Gasteiger partial charge is 0.407 e. The van der Waals surface area contributed by atoms with E-state index in [1.54, 1.807) is 24.3 Å². The lowest BCUT2D eigenvalue weighted by Crippen LogP contribution is -2.34. The zero-order valence-electron chi connectivity index (χ0n) is 8.93. The Labute approximate surface area is 97.2 Å². The number of carbonyl (C=O) groups excluding carboxylic acids is 1. The van der Waals surface area contributed by atoms with Gasteiger partial charge in [0.1, 0.15) is 6.61 Å². The molecule has 0 saturated carbocycles. The van der Waals surface area contributed by atoms with Crippen molar-refractivity contribution < 1.29 is 23.8 Å². The van der Waals surface area contributed by atoms with Crippen LogP contribution in [0.15, 0.2) is 30.3 Å². The minimum absolute atomic E-state index is 0.0523. The molecule has 0 heterocycles. The van der Waals surface area contributed by atoms with Crippen LogP contribution in [-0.4, -0.2) is 29.9 Å². The summed E-state index contributed by atoms with van der Waals surface area (Å²) in [5.74, 6) is -1.62. The normalized spacial score (nSPS) is 11.6. The summed E-state index contributed by atoms with van der Waals surface area (Å²) in [5.41, 5.74) is 0.790. The molecule has 1 aromatic rings. The van der Waals surface area contributed by atoms with Gasteiger partial charge in [-0.3, -0.25) is 0 Å². The summed E-state index contributed by atoms with van der Waals surface area (Å²) in [5, 5.41) is 10.3. The predicted octanol–water partition coefficient (Wildman–Crippen LogP) is 1.34. The van der Waals surface area contributed by atoms with Crippen LogP contribution in [0.25, 0.3) is 0 Å². The fourth-order valence-corrected chi connectivity index (χ4v) is 1.03. The van der Waals surface area contributed by atoms with Gasteiger partial charge in [0.15, 0.2) is 0 Å². The maximum Gasteiger partial charge on any atom is 0.407 e. The van der Waals surface area contributed by atoms with Gasteiger partial charge < -0.3 is 15.2 Å². The zero-order chi connectivity index (χ0) is 12.7. The molecule has 2 N–H and O–H groups in total. The average Bonchev–Trinajstić information content (AvgIpc) is 2.34. The number of hydrogen-bond donors (Lipinski definition) is 2. The van der Waals surface area contributed by atoms with Crippen LogP contribution in [0.2, 0.25) is 0 Å². The average molecular weight is 241 g/mol. The fraction of sp³-hybridized carbons (Fsp3) is 0.273. The molecule has 92 valence electrons. The minimum atomic E-state index is -2.13. The van der Waals surface area contributed by atoms with Gasteiger partial charge in [0.2, 0.25) is 6.17 Å². The number of carboxylic acids is 1. The molecule has 0 aromatic heterocycles. The molecular weight excluding hydrogens is 229 g/mol. The number of halogens is 1. The Morgan fingerprint density at radius 1 is 1.35 bits per heavy atom. The first-order valence-electron chi connectivity index (χ1n) is 4.91. The van der Waals surface area contributed by atoms with E-state index >= 15 is 0 Å². The molecule has 1 rings (SSSR count). The first-order valence-corrected chi connectivity index (χ1v) is 4.91. The second-order valence-electron chi connectivity index (χ2n) is 3.25. The maximum atomic E-state index is 12.6. The van der Waals surface area contributed by atoms with Crippen molar-refractivity contribution in [1.82, 2.24) is 5.32 Å².